The number of nitrogens with one attached hydrogen (secondary N) is 1. The molecule has 1 aliphatic heterocycles. The zero-order valence-corrected chi connectivity index (χ0v) is 11.6. The van der Waals surface area contributed by atoms with Crippen molar-refractivity contribution in [2.75, 3.05) is 11.9 Å². The number of anilines is 1. The smallest absolute Gasteiger partial charge is 0.309 e. The zero-order valence-electron chi connectivity index (χ0n) is 10.0. The molecule has 1 aromatic carbocycles. The Morgan fingerprint density at radius 3 is 3.00 bits per heavy atom. The van der Waals surface area contributed by atoms with Crippen molar-refractivity contribution in [3.05, 3.63) is 28.2 Å². The SMILES string of the molecule is CCOC(=O)C1CC(=O)Nc2cc(Br)ccc2C1. The maximum absolute atomic E-state index is 11.8. The van der Waals surface area contributed by atoms with E-state index in [9.17, 15) is 9.59 Å². The second kappa shape index (κ2) is 5.52. The van der Waals surface area contributed by atoms with Gasteiger partial charge in [-0.05, 0) is 31.0 Å². The molecule has 0 saturated carbocycles. The number of hydrogen-bond donors (Lipinski definition) is 1. The van der Waals surface area contributed by atoms with Crippen LogP contribution >= 0.6 is 15.9 Å². The number of fused-ring (bicyclic) bond motifs is 1. The van der Waals surface area contributed by atoms with Gasteiger partial charge in [-0.1, -0.05) is 22.0 Å². The highest BCUT2D eigenvalue weighted by atomic mass is 79.9. The summed E-state index contributed by atoms with van der Waals surface area (Å²) in [6.07, 6.45) is 0.700. The topological polar surface area (TPSA) is 55.4 Å². The Morgan fingerprint density at radius 1 is 1.50 bits per heavy atom. The summed E-state index contributed by atoms with van der Waals surface area (Å²) in [6.45, 7) is 2.10. The standard InChI is InChI=1S/C13H14BrNO3/c1-2-18-13(17)9-5-8-3-4-10(14)7-11(8)15-12(16)6-9/h3-4,7,9H,2,5-6H2,1H3,(H,15,16). The van der Waals surface area contributed by atoms with Gasteiger partial charge in [-0.3, -0.25) is 9.59 Å². The second-order valence-electron chi connectivity index (χ2n) is 4.21. The Bertz CT molecular complexity index is 487. The molecule has 0 fully saturated rings. The highest BCUT2D eigenvalue weighted by Crippen LogP contribution is 2.28. The summed E-state index contributed by atoms with van der Waals surface area (Å²) < 4.78 is 5.89. The summed E-state index contributed by atoms with van der Waals surface area (Å²) in [4.78, 5) is 23.5. The van der Waals surface area contributed by atoms with Crippen LogP contribution in [0.5, 0.6) is 0 Å². The molecule has 1 heterocycles. The average molecular weight is 312 g/mol. The quantitative estimate of drug-likeness (QED) is 0.854. The minimum absolute atomic E-state index is 0.148. The van der Waals surface area contributed by atoms with Crippen molar-refractivity contribution in [3.8, 4) is 0 Å². The van der Waals surface area contributed by atoms with Crippen LogP contribution in [0.15, 0.2) is 22.7 Å². The van der Waals surface area contributed by atoms with Crippen LogP contribution in [0.3, 0.4) is 0 Å². The number of ether oxygens (including phenoxy) is 1. The van der Waals surface area contributed by atoms with Crippen LogP contribution in [0.25, 0.3) is 0 Å². The van der Waals surface area contributed by atoms with Crippen LogP contribution in [-0.2, 0) is 20.7 Å². The monoisotopic (exact) mass is 311 g/mol. The van der Waals surface area contributed by atoms with Crippen LogP contribution in [0, 0.1) is 5.92 Å². The minimum Gasteiger partial charge on any atom is -0.466 e. The Balaban J connectivity index is 2.27. The van der Waals surface area contributed by atoms with Gasteiger partial charge >= 0.3 is 5.97 Å². The normalized spacial score (nSPS) is 18.6. The van der Waals surface area contributed by atoms with Crippen molar-refractivity contribution in [2.45, 2.75) is 19.8 Å². The molecule has 0 saturated heterocycles. The highest BCUT2D eigenvalue weighted by Gasteiger charge is 2.27. The van der Waals surface area contributed by atoms with Gasteiger partial charge in [0.05, 0.1) is 12.5 Å². The Labute approximate surface area is 114 Å². The first kappa shape index (κ1) is 13.1. The lowest BCUT2D eigenvalue weighted by molar-refractivity contribution is -0.149. The lowest BCUT2D eigenvalue weighted by Crippen LogP contribution is -2.23. The number of esters is 1. The third-order valence-corrected chi connectivity index (χ3v) is 3.36. The van der Waals surface area contributed by atoms with Crippen LogP contribution in [-0.4, -0.2) is 18.5 Å². The molecule has 2 rings (SSSR count). The Kier molecular flexibility index (Phi) is 4.01. The van der Waals surface area contributed by atoms with E-state index in [0.29, 0.717) is 13.0 Å². The van der Waals surface area contributed by atoms with Crippen LogP contribution in [0.2, 0.25) is 0 Å². The first-order valence-corrected chi connectivity index (χ1v) is 6.64. The first-order chi connectivity index (χ1) is 8.60. The number of hydrogen-bond acceptors (Lipinski definition) is 3. The molecule has 96 valence electrons. The van der Waals surface area contributed by atoms with Crippen molar-refractivity contribution < 1.29 is 14.3 Å². The molecule has 18 heavy (non-hydrogen) atoms. The summed E-state index contributed by atoms with van der Waals surface area (Å²) >= 11 is 3.36. The fourth-order valence-electron chi connectivity index (χ4n) is 2.03. The average Bonchev–Trinajstić information content (AvgIpc) is 2.47. The molecule has 4 nitrogen and oxygen atoms in total. The van der Waals surface area contributed by atoms with Crippen molar-refractivity contribution >= 4 is 33.5 Å². The Morgan fingerprint density at radius 2 is 2.28 bits per heavy atom. The zero-order chi connectivity index (χ0) is 13.1. The summed E-state index contributed by atoms with van der Waals surface area (Å²) in [5.74, 6) is -0.847. The van der Waals surface area contributed by atoms with Gasteiger partial charge in [0, 0.05) is 16.6 Å². The predicted octanol–water partition coefficient (Wildman–Crippen LogP) is 2.51. The summed E-state index contributed by atoms with van der Waals surface area (Å²) in [6, 6.07) is 5.66. The molecule has 1 unspecified atom stereocenters. The molecule has 0 radical (unpaired) electrons. The molecule has 0 bridgehead atoms. The van der Waals surface area contributed by atoms with Gasteiger partial charge in [0.25, 0.3) is 0 Å². The predicted molar refractivity (Wildman–Crippen MR) is 71.2 cm³/mol. The van der Waals surface area contributed by atoms with Crippen molar-refractivity contribution in [1.29, 1.82) is 0 Å². The number of benzene rings is 1. The van der Waals surface area contributed by atoms with Gasteiger partial charge < -0.3 is 10.1 Å². The molecule has 0 aromatic heterocycles. The number of carbonyl (C=O) groups is 2. The third kappa shape index (κ3) is 2.90. The minimum atomic E-state index is -0.396. The number of carbonyl (C=O) groups excluding carboxylic acids is 2. The van der Waals surface area contributed by atoms with E-state index in [-0.39, 0.29) is 18.3 Å². The third-order valence-electron chi connectivity index (χ3n) is 2.86. The van der Waals surface area contributed by atoms with Gasteiger partial charge in [-0.15, -0.1) is 0 Å². The number of halogens is 1. The Hall–Kier alpha value is -1.36. The van der Waals surface area contributed by atoms with Gasteiger partial charge in [0.1, 0.15) is 0 Å². The lowest BCUT2D eigenvalue weighted by atomic mass is 9.97. The van der Waals surface area contributed by atoms with E-state index in [4.69, 9.17) is 4.74 Å². The molecule has 5 heteroatoms. The molecule has 1 atom stereocenters. The van der Waals surface area contributed by atoms with Crippen LogP contribution in [0.4, 0.5) is 5.69 Å². The summed E-state index contributed by atoms with van der Waals surface area (Å²) in [5, 5.41) is 2.81. The van der Waals surface area contributed by atoms with Crippen LogP contribution in [0.1, 0.15) is 18.9 Å². The van der Waals surface area contributed by atoms with E-state index in [1.54, 1.807) is 6.92 Å². The summed E-state index contributed by atoms with van der Waals surface area (Å²) in [5.41, 5.74) is 1.73. The van der Waals surface area contributed by atoms with E-state index >= 15 is 0 Å². The fraction of sp³-hybridized carbons (Fsp3) is 0.385. The first-order valence-electron chi connectivity index (χ1n) is 5.85. The van der Waals surface area contributed by atoms with Crippen molar-refractivity contribution in [3.63, 3.8) is 0 Å². The molecular weight excluding hydrogens is 298 g/mol. The molecule has 1 aromatic rings. The number of rotatable bonds is 2. The second-order valence-corrected chi connectivity index (χ2v) is 5.12. The van der Waals surface area contributed by atoms with Crippen molar-refractivity contribution in [1.82, 2.24) is 0 Å². The number of amides is 1. The van der Waals surface area contributed by atoms with E-state index in [0.717, 1.165) is 15.7 Å². The maximum Gasteiger partial charge on any atom is 0.309 e. The van der Waals surface area contributed by atoms with E-state index in [2.05, 4.69) is 21.2 Å². The van der Waals surface area contributed by atoms with Gasteiger partial charge in [-0.2, -0.15) is 0 Å². The molecule has 1 aliphatic rings. The molecule has 0 aliphatic carbocycles. The van der Waals surface area contributed by atoms with Gasteiger partial charge in [-0.25, -0.2) is 0 Å². The molecule has 0 spiro atoms. The highest BCUT2D eigenvalue weighted by molar-refractivity contribution is 9.10. The maximum atomic E-state index is 11.8. The largest absolute Gasteiger partial charge is 0.466 e. The van der Waals surface area contributed by atoms with E-state index < -0.39 is 5.92 Å². The van der Waals surface area contributed by atoms with E-state index in [1.807, 2.05) is 18.2 Å². The van der Waals surface area contributed by atoms with Crippen molar-refractivity contribution in [2.24, 2.45) is 5.92 Å². The fourth-order valence-corrected chi connectivity index (χ4v) is 2.39. The molecule has 1 amide bonds. The van der Waals surface area contributed by atoms with E-state index in [1.165, 1.54) is 0 Å². The van der Waals surface area contributed by atoms with Gasteiger partial charge in [0.15, 0.2) is 0 Å². The molecular formula is C13H14BrNO3. The van der Waals surface area contributed by atoms with Crippen LogP contribution < -0.4 is 5.32 Å². The summed E-state index contributed by atoms with van der Waals surface area (Å²) in [7, 11) is 0. The van der Waals surface area contributed by atoms with Gasteiger partial charge in [0.2, 0.25) is 5.91 Å². The lowest BCUT2D eigenvalue weighted by Gasteiger charge is -2.11. The molecule has 1 N–H and O–H groups in total.